The van der Waals surface area contributed by atoms with Gasteiger partial charge in [-0.05, 0) is 0 Å². The molecule has 0 aromatic carbocycles. The fourth-order valence-corrected chi connectivity index (χ4v) is 0.914. The molecule has 4 amide bonds. The molecule has 1 saturated heterocycles. The van der Waals surface area contributed by atoms with E-state index in [2.05, 4.69) is 5.32 Å². The van der Waals surface area contributed by atoms with E-state index < -0.39 is 11.9 Å². The average molecular weight is 171 g/mol. The fourth-order valence-electron chi connectivity index (χ4n) is 0.914. The van der Waals surface area contributed by atoms with Crippen LogP contribution >= 0.6 is 0 Å². The van der Waals surface area contributed by atoms with Crippen LogP contribution < -0.4 is 5.32 Å². The largest absolute Gasteiger partial charge is 0.342 e. The predicted octanol–water partition coefficient (Wildman–Crippen LogP) is -1.07. The maximum atomic E-state index is 10.9. The zero-order valence-electron chi connectivity index (χ0n) is 6.83. The summed E-state index contributed by atoms with van der Waals surface area (Å²) in [5.41, 5.74) is 0. The van der Waals surface area contributed by atoms with Gasteiger partial charge in [0.25, 0.3) is 0 Å². The van der Waals surface area contributed by atoms with E-state index in [9.17, 15) is 14.4 Å². The molecule has 0 bridgehead atoms. The number of amides is 4. The first-order chi connectivity index (χ1) is 5.52. The lowest BCUT2D eigenvalue weighted by molar-refractivity contribution is -0.148. The number of rotatable bonds is 0. The Labute approximate surface area is 69.1 Å². The van der Waals surface area contributed by atoms with Crippen molar-refractivity contribution in [2.24, 2.45) is 0 Å². The lowest BCUT2D eigenvalue weighted by Crippen LogP contribution is -2.60. The highest BCUT2D eigenvalue weighted by molar-refractivity contribution is 5.99. The van der Waals surface area contributed by atoms with Gasteiger partial charge in [-0.2, -0.15) is 0 Å². The molecule has 0 spiro atoms. The molecule has 0 radical (unpaired) electrons. The molecule has 1 N–H and O–H groups in total. The van der Waals surface area contributed by atoms with Gasteiger partial charge < -0.3 is 0 Å². The first kappa shape index (κ1) is 8.51. The molecule has 0 aromatic heterocycles. The normalized spacial score (nSPS) is 17.8. The number of hydrogen-bond donors (Lipinski definition) is 1. The van der Waals surface area contributed by atoms with Crippen molar-refractivity contribution in [3.8, 4) is 0 Å². The van der Waals surface area contributed by atoms with Crippen molar-refractivity contribution in [3.63, 3.8) is 0 Å². The van der Waals surface area contributed by atoms with E-state index in [1.807, 2.05) is 0 Å². The highest BCUT2D eigenvalue weighted by Gasteiger charge is 2.28. The fraction of sp³-hybridized carbons (Fsp3) is 0.500. The van der Waals surface area contributed by atoms with Crippen molar-refractivity contribution in [1.82, 2.24) is 15.3 Å². The van der Waals surface area contributed by atoms with Gasteiger partial charge in [-0.3, -0.25) is 14.9 Å². The molecule has 1 rings (SSSR count). The van der Waals surface area contributed by atoms with Crippen LogP contribution in [0.2, 0.25) is 0 Å². The minimum atomic E-state index is -0.582. The molecule has 6 nitrogen and oxygen atoms in total. The van der Waals surface area contributed by atoms with Crippen LogP contribution in [0, 0.1) is 0 Å². The number of carbonyl (C=O) groups excluding carboxylic acids is 3. The summed E-state index contributed by atoms with van der Waals surface area (Å²) in [6.07, 6.45) is 0. The SMILES string of the molecule is CC(=O)N1CC(=O)NC(=O)N1C. The van der Waals surface area contributed by atoms with E-state index in [0.717, 1.165) is 10.0 Å². The smallest absolute Gasteiger partial charge is 0.275 e. The Balaban J connectivity index is 2.79. The second kappa shape index (κ2) is 2.80. The van der Waals surface area contributed by atoms with E-state index in [1.54, 1.807) is 0 Å². The molecule has 1 heterocycles. The molecule has 0 saturated carbocycles. The van der Waals surface area contributed by atoms with Crippen molar-refractivity contribution >= 4 is 17.8 Å². The van der Waals surface area contributed by atoms with Gasteiger partial charge in [-0.1, -0.05) is 0 Å². The summed E-state index contributed by atoms with van der Waals surface area (Å²) in [5, 5.41) is 4.21. The lowest BCUT2D eigenvalue weighted by atomic mass is 10.4. The summed E-state index contributed by atoms with van der Waals surface area (Å²) in [6.45, 7) is 1.19. The number of nitrogens with one attached hydrogen (secondary N) is 1. The Morgan fingerprint density at radius 2 is 2.08 bits per heavy atom. The Morgan fingerprint density at radius 1 is 1.50 bits per heavy atom. The van der Waals surface area contributed by atoms with Crippen LogP contribution in [0.1, 0.15) is 6.92 Å². The standard InChI is InChI=1S/C6H9N3O3/c1-4(10)9-3-5(11)7-6(12)8(9)2/h3H2,1-2H3,(H,7,11,12). The molecule has 0 unspecified atom stereocenters. The third-order valence-electron chi connectivity index (χ3n) is 1.56. The Kier molecular flexibility index (Phi) is 1.99. The molecule has 12 heavy (non-hydrogen) atoms. The Morgan fingerprint density at radius 3 is 2.58 bits per heavy atom. The lowest BCUT2D eigenvalue weighted by Gasteiger charge is -2.33. The highest BCUT2D eigenvalue weighted by atomic mass is 16.2. The van der Waals surface area contributed by atoms with E-state index in [-0.39, 0.29) is 12.5 Å². The highest BCUT2D eigenvalue weighted by Crippen LogP contribution is 2.00. The van der Waals surface area contributed by atoms with E-state index in [0.29, 0.717) is 0 Å². The molecular weight excluding hydrogens is 162 g/mol. The van der Waals surface area contributed by atoms with Crippen LogP contribution in [0.5, 0.6) is 0 Å². The van der Waals surface area contributed by atoms with Crippen molar-refractivity contribution < 1.29 is 14.4 Å². The summed E-state index contributed by atoms with van der Waals surface area (Å²) in [4.78, 5) is 32.6. The first-order valence-corrected chi connectivity index (χ1v) is 3.38. The van der Waals surface area contributed by atoms with Crippen molar-refractivity contribution in [1.29, 1.82) is 0 Å². The average Bonchev–Trinajstić information content (AvgIpc) is 1.96. The van der Waals surface area contributed by atoms with Gasteiger partial charge in [0, 0.05) is 14.0 Å². The first-order valence-electron chi connectivity index (χ1n) is 3.38. The maximum absolute atomic E-state index is 10.9. The van der Waals surface area contributed by atoms with E-state index in [4.69, 9.17) is 0 Å². The minimum absolute atomic E-state index is 0.0996. The van der Waals surface area contributed by atoms with Gasteiger partial charge >= 0.3 is 6.03 Å². The Hall–Kier alpha value is -1.59. The summed E-state index contributed by atoms with van der Waals surface area (Å²) in [7, 11) is 1.42. The third-order valence-corrected chi connectivity index (χ3v) is 1.56. The number of urea groups is 1. The van der Waals surface area contributed by atoms with Gasteiger partial charge in [0.15, 0.2) is 0 Å². The van der Waals surface area contributed by atoms with Gasteiger partial charge in [-0.25, -0.2) is 14.8 Å². The molecule has 1 aliphatic heterocycles. The number of nitrogens with zero attached hydrogens (tertiary/aromatic N) is 2. The van der Waals surface area contributed by atoms with Gasteiger partial charge in [0.05, 0.1) is 0 Å². The maximum Gasteiger partial charge on any atom is 0.342 e. The molecule has 1 fully saturated rings. The summed E-state index contributed by atoms with van der Waals surface area (Å²) < 4.78 is 0. The second-order valence-electron chi connectivity index (χ2n) is 2.45. The molecule has 6 heteroatoms. The zero-order valence-corrected chi connectivity index (χ0v) is 6.83. The van der Waals surface area contributed by atoms with Crippen LogP contribution in [0.4, 0.5) is 4.79 Å². The van der Waals surface area contributed by atoms with Gasteiger partial charge in [-0.15, -0.1) is 0 Å². The van der Waals surface area contributed by atoms with Crippen LogP contribution in [-0.2, 0) is 9.59 Å². The molecule has 66 valence electrons. The minimum Gasteiger partial charge on any atom is -0.275 e. The van der Waals surface area contributed by atoms with Gasteiger partial charge in [0.1, 0.15) is 6.54 Å². The second-order valence-corrected chi connectivity index (χ2v) is 2.45. The van der Waals surface area contributed by atoms with Crippen molar-refractivity contribution in [2.45, 2.75) is 6.92 Å². The monoisotopic (exact) mass is 171 g/mol. The Bertz CT molecular complexity index is 250. The number of carbonyl (C=O) groups is 3. The third kappa shape index (κ3) is 1.36. The molecule has 1 aliphatic rings. The topological polar surface area (TPSA) is 69.7 Å². The molecule has 0 aromatic rings. The van der Waals surface area contributed by atoms with Crippen molar-refractivity contribution in [3.05, 3.63) is 0 Å². The van der Waals surface area contributed by atoms with Crippen LogP contribution in [0.3, 0.4) is 0 Å². The number of hydrogen-bond acceptors (Lipinski definition) is 3. The van der Waals surface area contributed by atoms with Gasteiger partial charge in [0.2, 0.25) is 11.8 Å². The van der Waals surface area contributed by atoms with Crippen molar-refractivity contribution in [2.75, 3.05) is 13.6 Å². The summed E-state index contributed by atoms with van der Waals surface area (Å²) >= 11 is 0. The molecular formula is C6H9N3O3. The molecule has 0 atom stereocenters. The quantitative estimate of drug-likeness (QED) is 0.504. The number of imide groups is 1. The zero-order chi connectivity index (χ0) is 9.30. The van der Waals surface area contributed by atoms with E-state index in [1.165, 1.54) is 14.0 Å². The van der Waals surface area contributed by atoms with Crippen LogP contribution in [0.15, 0.2) is 0 Å². The summed E-state index contributed by atoms with van der Waals surface area (Å²) in [5.74, 6) is -0.797. The predicted molar refractivity (Wildman–Crippen MR) is 38.7 cm³/mol. The van der Waals surface area contributed by atoms with Crippen LogP contribution in [0.25, 0.3) is 0 Å². The summed E-state index contributed by atoms with van der Waals surface area (Å²) in [6, 6.07) is -0.582. The number of hydrazine groups is 1. The van der Waals surface area contributed by atoms with E-state index >= 15 is 0 Å². The van der Waals surface area contributed by atoms with Crippen LogP contribution in [-0.4, -0.2) is 41.5 Å². The molecule has 0 aliphatic carbocycles.